The summed E-state index contributed by atoms with van der Waals surface area (Å²) in [7, 11) is 1.64. The van der Waals surface area contributed by atoms with Gasteiger partial charge in [-0.15, -0.1) is 0 Å². The minimum atomic E-state index is -0.129. The molecule has 0 saturated carbocycles. The minimum absolute atomic E-state index is 0.0208. The van der Waals surface area contributed by atoms with Crippen LogP contribution in [0.15, 0.2) is 24.3 Å². The Morgan fingerprint density at radius 1 is 1.50 bits per heavy atom. The van der Waals surface area contributed by atoms with E-state index in [1.54, 1.807) is 7.11 Å². The van der Waals surface area contributed by atoms with Crippen molar-refractivity contribution >= 4 is 5.91 Å². The molecule has 2 atom stereocenters. The van der Waals surface area contributed by atoms with E-state index in [9.17, 15) is 4.79 Å². The number of carbonyl (C=O) groups excluding carboxylic acids is 1. The molecule has 4 heteroatoms. The van der Waals surface area contributed by atoms with E-state index in [0.29, 0.717) is 6.42 Å². The summed E-state index contributed by atoms with van der Waals surface area (Å²) < 4.78 is 5.23. The Hall–Kier alpha value is -1.55. The summed E-state index contributed by atoms with van der Waals surface area (Å²) in [5, 5.41) is 0. The Labute approximate surface area is 108 Å². The number of carbonyl (C=O) groups is 1. The molecule has 1 heterocycles. The smallest absolute Gasteiger partial charge is 0.224 e. The second-order valence-electron chi connectivity index (χ2n) is 4.68. The first kappa shape index (κ1) is 12.9. The largest absolute Gasteiger partial charge is 0.497 e. The van der Waals surface area contributed by atoms with E-state index in [-0.39, 0.29) is 18.0 Å². The predicted octanol–water partition coefficient (Wildman–Crippen LogP) is 1.71. The van der Waals surface area contributed by atoms with E-state index in [0.717, 1.165) is 24.3 Å². The highest BCUT2D eigenvalue weighted by atomic mass is 16.5. The third-order valence-electron chi connectivity index (χ3n) is 3.37. The quantitative estimate of drug-likeness (QED) is 0.882. The van der Waals surface area contributed by atoms with E-state index in [1.807, 2.05) is 29.2 Å². The van der Waals surface area contributed by atoms with Crippen molar-refractivity contribution in [2.45, 2.75) is 31.8 Å². The number of likely N-dealkylation sites (tertiary alicyclic amines) is 1. The van der Waals surface area contributed by atoms with Crippen LogP contribution in [0.2, 0.25) is 0 Å². The highest BCUT2D eigenvalue weighted by molar-refractivity contribution is 5.80. The highest BCUT2D eigenvalue weighted by Crippen LogP contribution is 2.33. The van der Waals surface area contributed by atoms with Crippen LogP contribution in [0.4, 0.5) is 0 Å². The van der Waals surface area contributed by atoms with Crippen LogP contribution in [0.25, 0.3) is 0 Å². The van der Waals surface area contributed by atoms with Crippen LogP contribution in [0.5, 0.6) is 5.75 Å². The standard InChI is InChI=1S/C14H20N2O2/c1-3-7-16-13(17)9-12(15)14(16)10-5-4-6-11(8-10)18-2/h4-6,8,12,14H,3,7,9,15H2,1-2H3. The maximum absolute atomic E-state index is 11.9. The fourth-order valence-electron chi connectivity index (χ4n) is 2.57. The number of nitrogens with two attached hydrogens (primary N) is 1. The van der Waals surface area contributed by atoms with Crippen molar-refractivity contribution < 1.29 is 9.53 Å². The molecule has 1 aliphatic heterocycles. The molecule has 1 aromatic carbocycles. The molecule has 0 bridgehead atoms. The lowest BCUT2D eigenvalue weighted by Gasteiger charge is -2.27. The third-order valence-corrected chi connectivity index (χ3v) is 3.37. The topological polar surface area (TPSA) is 55.6 Å². The maximum atomic E-state index is 11.9. The van der Waals surface area contributed by atoms with Crippen molar-refractivity contribution in [1.82, 2.24) is 4.90 Å². The molecule has 98 valence electrons. The van der Waals surface area contributed by atoms with Gasteiger partial charge in [0.05, 0.1) is 13.2 Å². The molecular formula is C14H20N2O2. The van der Waals surface area contributed by atoms with Crippen molar-refractivity contribution in [3.8, 4) is 5.75 Å². The van der Waals surface area contributed by atoms with Gasteiger partial charge in [-0.25, -0.2) is 0 Å². The van der Waals surface area contributed by atoms with Gasteiger partial charge in [-0.1, -0.05) is 19.1 Å². The molecule has 0 spiro atoms. The SMILES string of the molecule is CCCN1C(=O)CC(N)C1c1cccc(OC)c1. The normalized spacial score (nSPS) is 23.5. The summed E-state index contributed by atoms with van der Waals surface area (Å²) in [5.41, 5.74) is 7.17. The second kappa shape index (κ2) is 5.40. The van der Waals surface area contributed by atoms with E-state index in [1.165, 1.54) is 0 Å². The molecule has 0 aliphatic carbocycles. The minimum Gasteiger partial charge on any atom is -0.497 e. The fourth-order valence-corrected chi connectivity index (χ4v) is 2.57. The summed E-state index contributed by atoms with van der Waals surface area (Å²) in [6.07, 6.45) is 1.38. The Morgan fingerprint density at radius 3 is 2.94 bits per heavy atom. The molecule has 0 radical (unpaired) electrons. The van der Waals surface area contributed by atoms with Crippen molar-refractivity contribution in [1.29, 1.82) is 0 Å². The van der Waals surface area contributed by atoms with Crippen LogP contribution >= 0.6 is 0 Å². The average Bonchev–Trinajstić information content (AvgIpc) is 2.65. The average molecular weight is 248 g/mol. The molecule has 4 nitrogen and oxygen atoms in total. The van der Waals surface area contributed by atoms with Crippen LogP contribution in [0.3, 0.4) is 0 Å². The van der Waals surface area contributed by atoms with Gasteiger partial charge in [0.2, 0.25) is 5.91 Å². The van der Waals surface area contributed by atoms with Crippen LogP contribution in [0.1, 0.15) is 31.4 Å². The number of hydrogen-bond donors (Lipinski definition) is 1. The zero-order valence-electron chi connectivity index (χ0n) is 10.9. The van der Waals surface area contributed by atoms with E-state index in [2.05, 4.69) is 6.92 Å². The summed E-state index contributed by atoms with van der Waals surface area (Å²) in [6.45, 7) is 2.83. The Bertz CT molecular complexity index is 434. The van der Waals surface area contributed by atoms with Gasteiger partial charge >= 0.3 is 0 Å². The number of hydrogen-bond acceptors (Lipinski definition) is 3. The highest BCUT2D eigenvalue weighted by Gasteiger charge is 2.37. The summed E-state index contributed by atoms with van der Waals surface area (Å²) >= 11 is 0. The van der Waals surface area contributed by atoms with Crippen molar-refractivity contribution in [2.24, 2.45) is 5.73 Å². The van der Waals surface area contributed by atoms with E-state index in [4.69, 9.17) is 10.5 Å². The lowest BCUT2D eigenvalue weighted by atomic mass is 10.0. The zero-order chi connectivity index (χ0) is 13.1. The van der Waals surface area contributed by atoms with Crippen LogP contribution in [0, 0.1) is 0 Å². The number of amides is 1. The first-order valence-corrected chi connectivity index (χ1v) is 6.36. The van der Waals surface area contributed by atoms with E-state index < -0.39 is 0 Å². The molecule has 2 unspecified atom stereocenters. The van der Waals surface area contributed by atoms with Crippen molar-refractivity contribution in [3.63, 3.8) is 0 Å². The summed E-state index contributed by atoms with van der Waals surface area (Å²) in [5.74, 6) is 0.952. The lowest BCUT2D eigenvalue weighted by molar-refractivity contribution is -0.129. The summed E-state index contributed by atoms with van der Waals surface area (Å²) in [4.78, 5) is 13.8. The number of methoxy groups -OCH3 is 1. The van der Waals surface area contributed by atoms with Gasteiger partial charge < -0.3 is 15.4 Å². The molecule has 1 aromatic rings. The van der Waals surface area contributed by atoms with Gasteiger partial charge in [0.25, 0.3) is 0 Å². The molecule has 0 aromatic heterocycles. The van der Waals surface area contributed by atoms with E-state index >= 15 is 0 Å². The zero-order valence-corrected chi connectivity index (χ0v) is 10.9. The second-order valence-corrected chi connectivity index (χ2v) is 4.68. The van der Waals surface area contributed by atoms with Gasteiger partial charge in [0.15, 0.2) is 0 Å². The number of ether oxygens (including phenoxy) is 1. The molecule has 18 heavy (non-hydrogen) atoms. The Balaban J connectivity index is 2.30. The monoisotopic (exact) mass is 248 g/mol. The first-order chi connectivity index (χ1) is 8.67. The molecule has 2 N–H and O–H groups in total. The predicted molar refractivity (Wildman–Crippen MR) is 70.3 cm³/mol. The molecule has 1 saturated heterocycles. The van der Waals surface area contributed by atoms with Gasteiger partial charge in [0.1, 0.15) is 5.75 Å². The fraction of sp³-hybridized carbons (Fsp3) is 0.500. The Morgan fingerprint density at radius 2 is 2.28 bits per heavy atom. The number of rotatable bonds is 4. The lowest BCUT2D eigenvalue weighted by Crippen LogP contribution is -2.33. The van der Waals surface area contributed by atoms with Crippen molar-refractivity contribution in [2.75, 3.05) is 13.7 Å². The van der Waals surface area contributed by atoms with Gasteiger partial charge in [-0.3, -0.25) is 4.79 Å². The third kappa shape index (κ3) is 2.34. The number of benzene rings is 1. The molecule has 1 amide bonds. The Kier molecular flexibility index (Phi) is 3.87. The van der Waals surface area contributed by atoms with Crippen LogP contribution < -0.4 is 10.5 Å². The molecule has 1 aliphatic rings. The molecule has 2 rings (SSSR count). The van der Waals surface area contributed by atoms with Crippen molar-refractivity contribution in [3.05, 3.63) is 29.8 Å². The molecule has 1 fully saturated rings. The van der Waals surface area contributed by atoms with Gasteiger partial charge in [0, 0.05) is 19.0 Å². The summed E-state index contributed by atoms with van der Waals surface area (Å²) in [6, 6.07) is 7.66. The van der Waals surface area contributed by atoms with Crippen LogP contribution in [-0.4, -0.2) is 30.5 Å². The van der Waals surface area contributed by atoms with Crippen LogP contribution in [-0.2, 0) is 4.79 Å². The van der Waals surface area contributed by atoms with Gasteiger partial charge in [-0.2, -0.15) is 0 Å². The molecular weight excluding hydrogens is 228 g/mol. The first-order valence-electron chi connectivity index (χ1n) is 6.36. The number of nitrogens with zero attached hydrogens (tertiary/aromatic N) is 1. The van der Waals surface area contributed by atoms with Gasteiger partial charge in [-0.05, 0) is 24.1 Å². The maximum Gasteiger partial charge on any atom is 0.224 e.